The first kappa shape index (κ1) is 20.0. The van der Waals surface area contributed by atoms with Gasteiger partial charge in [0.15, 0.2) is 0 Å². The lowest BCUT2D eigenvalue weighted by atomic mass is 10.2. The maximum Gasteiger partial charge on any atom is 0.319 e. The van der Waals surface area contributed by atoms with Gasteiger partial charge in [-0.3, -0.25) is 4.90 Å². The van der Waals surface area contributed by atoms with Crippen molar-refractivity contribution in [3.05, 3.63) is 23.2 Å². The molecule has 1 fully saturated rings. The van der Waals surface area contributed by atoms with Crippen LogP contribution in [-0.2, 0) is 4.74 Å². The molecule has 1 aliphatic rings. The third-order valence-corrected chi connectivity index (χ3v) is 5.81. The average molecular weight is 391 g/mol. The van der Waals surface area contributed by atoms with Crippen molar-refractivity contribution in [2.75, 3.05) is 38.1 Å². The molecule has 27 heavy (non-hydrogen) atoms. The summed E-state index contributed by atoms with van der Waals surface area (Å²) >= 11 is 1.68. The van der Waals surface area contributed by atoms with Crippen molar-refractivity contribution in [3.63, 3.8) is 0 Å². The zero-order valence-electron chi connectivity index (χ0n) is 16.6. The maximum absolute atomic E-state index is 12.3. The number of amides is 2. The number of nitrogens with one attached hydrogen (secondary N) is 2. The van der Waals surface area contributed by atoms with Crippen LogP contribution in [-0.4, -0.2) is 54.8 Å². The molecule has 1 saturated heterocycles. The molecule has 7 heteroatoms. The molecule has 1 aliphatic heterocycles. The van der Waals surface area contributed by atoms with Crippen LogP contribution in [0.15, 0.2) is 18.2 Å². The van der Waals surface area contributed by atoms with E-state index in [2.05, 4.69) is 48.2 Å². The normalized spacial score (nSPS) is 18.4. The second-order valence-electron chi connectivity index (χ2n) is 7.87. The number of aromatic nitrogens is 1. The molecule has 148 valence electrons. The minimum absolute atomic E-state index is 0.0424. The minimum Gasteiger partial charge on any atom is -0.374 e. The topological polar surface area (TPSA) is 66.5 Å². The van der Waals surface area contributed by atoms with Crippen molar-refractivity contribution in [3.8, 4) is 0 Å². The van der Waals surface area contributed by atoms with Gasteiger partial charge in [0.25, 0.3) is 0 Å². The van der Waals surface area contributed by atoms with E-state index in [-0.39, 0.29) is 12.1 Å². The largest absolute Gasteiger partial charge is 0.374 e. The Morgan fingerprint density at radius 1 is 1.37 bits per heavy atom. The number of hydrogen-bond acceptors (Lipinski definition) is 5. The molecular formula is C20H30N4O2S. The molecule has 2 N–H and O–H groups in total. The van der Waals surface area contributed by atoms with E-state index in [0.29, 0.717) is 18.4 Å². The number of rotatable bonds is 6. The van der Waals surface area contributed by atoms with Gasteiger partial charge in [0.05, 0.1) is 27.9 Å². The summed E-state index contributed by atoms with van der Waals surface area (Å²) in [5, 5.41) is 6.97. The van der Waals surface area contributed by atoms with Crippen LogP contribution >= 0.6 is 11.3 Å². The summed E-state index contributed by atoms with van der Waals surface area (Å²) in [4.78, 5) is 19.3. The standard InChI is InChI=1S/C20H30N4O2S/c1-13(2)11-24-7-8-26-16(12-24)10-21-20(25)22-15-5-6-17-18(9-15)27-19(23-17)14(3)4/h5-6,9,13-14,16H,7-8,10-12H2,1-4H3,(H2,21,22,25). The van der Waals surface area contributed by atoms with Crippen LogP contribution in [0.1, 0.15) is 38.6 Å². The van der Waals surface area contributed by atoms with Crippen molar-refractivity contribution in [2.45, 2.75) is 39.7 Å². The SMILES string of the molecule is CC(C)CN1CCOC(CNC(=O)Nc2ccc3nc(C(C)C)sc3c2)C1. The number of hydrogen-bond donors (Lipinski definition) is 2. The van der Waals surface area contributed by atoms with Crippen molar-refractivity contribution < 1.29 is 9.53 Å². The van der Waals surface area contributed by atoms with Crippen LogP contribution in [0.2, 0.25) is 0 Å². The van der Waals surface area contributed by atoms with Crippen LogP contribution in [0.25, 0.3) is 10.2 Å². The first-order chi connectivity index (χ1) is 12.9. The van der Waals surface area contributed by atoms with E-state index in [9.17, 15) is 4.79 Å². The molecule has 1 unspecified atom stereocenters. The number of carbonyl (C=O) groups is 1. The smallest absolute Gasteiger partial charge is 0.319 e. The predicted octanol–water partition coefficient (Wildman–Crippen LogP) is 3.90. The fraction of sp³-hybridized carbons (Fsp3) is 0.600. The van der Waals surface area contributed by atoms with Gasteiger partial charge in [0.2, 0.25) is 0 Å². The molecule has 6 nitrogen and oxygen atoms in total. The van der Waals surface area contributed by atoms with Gasteiger partial charge < -0.3 is 15.4 Å². The van der Waals surface area contributed by atoms with E-state index in [4.69, 9.17) is 4.74 Å². The maximum atomic E-state index is 12.3. The van der Waals surface area contributed by atoms with E-state index in [1.165, 1.54) is 0 Å². The quantitative estimate of drug-likeness (QED) is 0.785. The molecule has 2 amide bonds. The number of benzene rings is 1. The van der Waals surface area contributed by atoms with Gasteiger partial charge in [0, 0.05) is 37.8 Å². The fourth-order valence-corrected chi connectivity index (χ4v) is 4.24. The van der Waals surface area contributed by atoms with Gasteiger partial charge in [-0.15, -0.1) is 11.3 Å². The first-order valence-corrected chi connectivity index (χ1v) is 10.5. The second kappa shape index (κ2) is 8.99. The molecule has 2 aromatic rings. The highest BCUT2D eigenvalue weighted by Gasteiger charge is 2.21. The number of fused-ring (bicyclic) bond motifs is 1. The number of carbonyl (C=O) groups excluding carboxylic acids is 1. The van der Waals surface area contributed by atoms with Crippen molar-refractivity contribution >= 4 is 33.3 Å². The highest BCUT2D eigenvalue weighted by Crippen LogP contribution is 2.29. The number of morpholine rings is 1. The summed E-state index contributed by atoms with van der Waals surface area (Å²) in [5.41, 5.74) is 1.76. The minimum atomic E-state index is -0.201. The monoisotopic (exact) mass is 390 g/mol. The Morgan fingerprint density at radius 2 is 2.19 bits per heavy atom. The number of ether oxygens (including phenoxy) is 1. The summed E-state index contributed by atoms with van der Waals surface area (Å²) in [5.74, 6) is 1.05. The lowest BCUT2D eigenvalue weighted by molar-refractivity contribution is -0.0288. The van der Waals surface area contributed by atoms with Gasteiger partial charge >= 0.3 is 6.03 Å². The van der Waals surface area contributed by atoms with Gasteiger partial charge in [-0.05, 0) is 24.1 Å². The Balaban J connectivity index is 1.51. The van der Waals surface area contributed by atoms with E-state index in [1.807, 2.05) is 18.2 Å². The Kier molecular flexibility index (Phi) is 6.68. The third-order valence-electron chi connectivity index (χ3n) is 4.49. The van der Waals surface area contributed by atoms with E-state index < -0.39 is 0 Å². The average Bonchev–Trinajstić information content (AvgIpc) is 3.03. The van der Waals surface area contributed by atoms with E-state index in [1.54, 1.807) is 11.3 Å². The van der Waals surface area contributed by atoms with Crippen molar-refractivity contribution in [2.24, 2.45) is 5.92 Å². The van der Waals surface area contributed by atoms with Crippen LogP contribution < -0.4 is 10.6 Å². The second-order valence-corrected chi connectivity index (χ2v) is 8.93. The fourth-order valence-electron chi connectivity index (χ4n) is 3.24. The Morgan fingerprint density at radius 3 is 2.93 bits per heavy atom. The predicted molar refractivity (Wildman–Crippen MR) is 112 cm³/mol. The Bertz CT molecular complexity index is 774. The van der Waals surface area contributed by atoms with Crippen LogP contribution in [0.4, 0.5) is 10.5 Å². The molecule has 2 heterocycles. The molecule has 0 bridgehead atoms. The summed E-state index contributed by atoms with van der Waals surface area (Å²) in [6, 6.07) is 5.64. The Hall–Kier alpha value is -1.70. The highest BCUT2D eigenvalue weighted by molar-refractivity contribution is 7.18. The molecule has 3 rings (SSSR count). The number of anilines is 1. The van der Waals surface area contributed by atoms with Crippen LogP contribution in [0.3, 0.4) is 0 Å². The summed E-state index contributed by atoms with van der Waals surface area (Å²) in [6.45, 7) is 12.9. The molecule has 1 aromatic heterocycles. The summed E-state index contributed by atoms with van der Waals surface area (Å²) in [7, 11) is 0. The van der Waals surface area contributed by atoms with E-state index in [0.717, 1.165) is 47.2 Å². The molecule has 0 radical (unpaired) electrons. The van der Waals surface area contributed by atoms with Crippen molar-refractivity contribution in [1.82, 2.24) is 15.2 Å². The molecule has 1 atom stereocenters. The molecule has 0 spiro atoms. The molecule has 0 saturated carbocycles. The zero-order chi connectivity index (χ0) is 19.4. The van der Waals surface area contributed by atoms with Gasteiger partial charge in [-0.2, -0.15) is 0 Å². The highest BCUT2D eigenvalue weighted by atomic mass is 32.1. The van der Waals surface area contributed by atoms with Crippen LogP contribution in [0, 0.1) is 5.92 Å². The Labute approximate surface area is 165 Å². The summed E-state index contributed by atoms with van der Waals surface area (Å²) in [6.07, 6.45) is 0.0424. The lowest BCUT2D eigenvalue weighted by Crippen LogP contribution is -2.48. The van der Waals surface area contributed by atoms with Gasteiger partial charge in [-0.1, -0.05) is 27.7 Å². The van der Waals surface area contributed by atoms with Gasteiger partial charge in [0.1, 0.15) is 0 Å². The van der Waals surface area contributed by atoms with Crippen LogP contribution in [0.5, 0.6) is 0 Å². The van der Waals surface area contributed by atoms with Crippen molar-refractivity contribution in [1.29, 1.82) is 0 Å². The lowest BCUT2D eigenvalue weighted by Gasteiger charge is -2.33. The number of urea groups is 1. The number of nitrogens with zero attached hydrogens (tertiary/aromatic N) is 2. The summed E-state index contributed by atoms with van der Waals surface area (Å²) < 4.78 is 6.88. The van der Waals surface area contributed by atoms with E-state index >= 15 is 0 Å². The third kappa shape index (κ3) is 5.64. The zero-order valence-corrected chi connectivity index (χ0v) is 17.4. The molecule has 0 aliphatic carbocycles. The molecular weight excluding hydrogens is 360 g/mol. The van der Waals surface area contributed by atoms with Gasteiger partial charge in [-0.25, -0.2) is 9.78 Å². The number of thiazole rings is 1. The first-order valence-electron chi connectivity index (χ1n) is 9.70. The molecule has 1 aromatic carbocycles.